The number of benzene rings is 6. The Bertz CT molecular complexity index is 2770. The van der Waals surface area contributed by atoms with Gasteiger partial charge in [0.15, 0.2) is 0 Å². The molecule has 0 atom stereocenters. The van der Waals surface area contributed by atoms with Crippen molar-refractivity contribution in [2.75, 3.05) is 0 Å². The van der Waals surface area contributed by atoms with Crippen molar-refractivity contribution in [3.05, 3.63) is 170 Å². The van der Waals surface area contributed by atoms with E-state index >= 15 is 0 Å². The smallest absolute Gasteiger partial charge is 0.0710 e. The van der Waals surface area contributed by atoms with Crippen LogP contribution in [0, 0.1) is 0 Å². The molecule has 0 radical (unpaired) electrons. The topological polar surface area (TPSA) is 22.8 Å². The molecule has 1 aliphatic rings. The van der Waals surface area contributed by atoms with Gasteiger partial charge in [-0.3, -0.25) is 0 Å². The van der Waals surface area contributed by atoms with Crippen molar-refractivity contribution in [1.29, 1.82) is 0 Å². The van der Waals surface area contributed by atoms with Crippen molar-refractivity contribution in [1.82, 2.24) is 14.1 Å². The van der Waals surface area contributed by atoms with Gasteiger partial charge in [0.2, 0.25) is 0 Å². The first-order valence-electron chi connectivity index (χ1n) is 16.7. The zero-order chi connectivity index (χ0) is 31.6. The van der Waals surface area contributed by atoms with E-state index in [0.29, 0.717) is 0 Å². The molecule has 0 saturated carbocycles. The van der Waals surface area contributed by atoms with E-state index in [1.54, 1.807) is 0 Å². The average molecular weight is 614 g/mol. The Morgan fingerprint density at radius 3 is 2.10 bits per heavy atom. The molecule has 3 heteroatoms. The molecule has 0 N–H and O–H groups in total. The Morgan fingerprint density at radius 1 is 0.458 bits per heavy atom. The third-order valence-corrected chi connectivity index (χ3v) is 9.90. The van der Waals surface area contributed by atoms with E-state index < -0.39 is 0 Å². The quantitative estimate of drug-likeness (QED) is 0.194. The van der Waals surface area contributed by atoms with E-state index in [0.717, 1.165) is 41.2 Å². The van der Waals surface area contributed by atoms with Crippen LogP contribution < -0.4 is 0 Å². The zero-order valence-electron chi connectivity index (χ0n) is 26.3. The summed E-state index contributed by atoms with van der Waals surface area (Å²) in [5.74, 6) is 0. The maximum Gasteiger partial charge on any atom is 0.0710 e. The molecule has 3 aromatic heterocycles. The highest BCUT2D eigenvalue weighted by molar-refractivity contribution is 6.25. The van der Waals surface area contributed by atoms with E-state index in [9.17, 15) is 0 Å². The van der Waals surface area contributed by atoms with Crippen LogP contribution in [-0.4, -0.2) is 14.1 Å². The van der Waals surface area contributed by atoms with Gasteiger partial charge in [-0.25, -0.2) is 4.98 Å². The number of aromatic nitrogens is 3. The molecule has 3 nitrogen and oxygen atoms in total. The van der Waals surface area contributed by atoms with Crippen molar-refractivity contribution in [2.45, 2.75) is 12.8 Å². The Balaban J connectivity index is 1.26. The highest BCUT2D eigenvalue weighted by Crippen LogP contribution is 2.42. The van der Waals surface area contributed by atoms with Crippen LogP contribution in [0.1, 0.15) is 18.5 Å². The summed E-state index contributed by atoms with van der Waals surface area (Å²) in [6, 6.07) is 52.8. The van der Waals surface area contributed by atoms with E-state index in [2.05, 4.69) is 173 Å². The number of pyridine rings is 1. The summed E-state index contributed by atoms with van der Waals surface area (Å²) >= 11 is 0. The van der Waals surface area contributed by atoms with E-state index in [1.807, 2.05) is 0 Å². The Hall–Kier alpha value is -6.19. The second kappa shape index (κ2) is 10.7. The molecule has 0 bridgehead atoms. The first kappa shape index (κ1) is 27.0. The minimum absolute atomic E-state index is 0.980. The lowest BCUT2D eigenvalue weighted by Crippen LogP contribution is -1.97. The Morgan fingerprint density at radius 2 is 1.21 bits per heavy atom. The molecule has 226 valence electrons. The normalized spacial score (nSPS) is 13.3. The van der Waals surface area contributed by atoms with Crippen LogP contribution in [0.25, 0.3) is 82.6 Å². The van der Waals surface area contributed by atoms with Crippen molar-refractivity contribution in [2.24, 2.45) is 0 Å². The molecule has 1 aliphatic carbocycles. The lowest BCUT2D eigenvalue weighted by Gasteiger charge is -2.12. The van der Waals surface area contributed by atoms with E-state index in [1.165, 1.54) is 60.0 Å². The fraction of sp³-hybridized carbons (Fsp3) is 0.0444. The van der Waals surface area contributed by atoms with E-state index in [-0.39, 0.29) is 0 Å². The molecular formula is C45H31N3. The summed E-state index contributed by atoms with van der Waals surface area (Å²) in [7, 11) is 0. The second-order valence-electron chi connectivity index (χ2n) is 12.7. The van der Waals surface area contributed by atoms with Gasteiger partial charge in [0.25, 0.3) is 0 Å². The maximum absolute atomic E-state index is 5.12. The molecule has 48 heavy (non-hydrogen) atoms. The predicted octanol–water partition coefficient (Wildman–Crippen LogP) is 11.8. The third kappa shape index (κ3) is 4.11. The van der Waals surface area contributed by atoms with Gasteiger partial charge >= 0.3 is 0 Å². The lowest BCUT2D eigenvalue weighted by atomic mass is 10.0. The van der Waals surface area contributed by atoms with Gasteiger partial charge in [0.1, 0.15) is 0 Å². The highest BCUT2D eigenvalue weighted by atomic mass is 15.0. The van der Waals surface area contributed by atoms with Crippen LogP contribution in [0.2, 0.25) is 0 Å². The molecule has 0 unspecified atom stereocenters. The number of fused-ring (bicyclic) bond motifs is 8. The highest BCUT2D eigenvalue weighted by Gasteiger charge is 2.20. The molecule has 3 heterocycles. The van der Waals surface area contributed by atoms with Crippen LogP contribution in [0.15, 0.2) is 164 Å². The zero-order valence-corrected chi connectivity index (χ0v) is 26.3. The largest absolute Gasteiger partial charge is 0.309 e. The SMILES string of the molecule is C1=CC(c2cccc(-c3cccc(-n4c5ccccc5c5cc6c7c8ccccc8ccc7n(-c7ccccc7)c6cc54)c3)n2)=CCC1. The number of rotatable bonds is 4. The van der Waals surface area contributed by atoms with Crippen LogP contribution >= 0.6 is 0 Å². The first-order valence-corrected chi connectivity index (χ1v) is 16.7. The monoisotopic (exact) mass is 613 g/mol. The van der Waals surface area contributed by atoms with Gasteiger partial charge in [0, 0.05) is 38.5 Å². The van der Waals surface area contributed by atoms with Crippen molar-refractivity contribution >= 4 is 60.0 Å². The van der Waals surface area contributed by atoms with Crippen LogP contribution in [0.3, 0.4) is 0 Å². The third-order valence-electron chi connectivity index (χ3n) is 9.90. The van der Waals surface area contributed by atoms with Gasteiger partial charge in [-0.2, -0.15) is 0 Å². The molecule has 6 aromatic carbocycles. The summed E-state index contributed by atoms with van der Waals surface area (Å²) < 4.78 is 4.85. The minimum atomic E-state index is 0.980. The van der Waals surface area contributed by atoms with Gasteiger partial charge in [-0.1, -0.05) is 103 Å². The molecule has 0 spiro atoms. The number of hydrogen-bond donors (Lipinski definition) is 0. The summed E-state index contributed by atoms with van der Waals surface area (Å²) in [4.78, 5) is 5.12. The lowest BCUT2D eigenvalue weighted by molar-refractivity contribution is 1.04. The number of nitrogens with zero attached hydrogens (tertiary/aromatic N) is 3. The molecule has 10 rings (SSSR count). The predicted molar refractivity (Wildman–Crippen MR) is 202 cm³/mol. The molecule has 0 fully saturated rings. The molecule has 9 aromatic rings. The maximum atomic E-state index is 5.12. The number of hydrogen-bond acceptors (Lipinski definition) is 1. The molecule has 0 aliphatic heterocycles. The molecule has 0 saturated heterocycles. The van der Waals surface area contributed by atoms with Crippen LogP contribution in [-0.2, 0) is 0 Å². The summed E-state index contributed by atoms with van der Waals surface area (Å²) in [6.07, 6.45) is 8.89. The van der Waals surface area contributed by atoms with Gasteiger partial charge in [0.05, 0.1) is 33.5 Å². The minimum Gasteiger partial charge on any atom is -0.309 e. The van der Waals surface area contributed by atoms with Crippen molar-refractivity contribution in [3.63, 3.8) is 0 Å². The van der Waals surface area contributed by atoms with E-state index in [4.69, 9.17) is 4.98 Å². The molecular weight excluding hydrogens is 583 g/mol. The van der Waals surface area contributed by atoms with Crippen molar-refractivity contribution in [3.8, 4) is 22.6 Å². The fourth-order valence-electron chi connectivity index (χ4n) is 7.75. The van der Waals surface area contributed by atoms with Gasteiger partial charge in [-0.05, 0) is 89.9 Å². The van der Waals surface area contributed by atoms with Crippen LogP contribution in [0.4, 0.5) is 0 Å². The summed E-state index contributed by atoms with van der Waals surface area (Å²) in [5, 5.41) is 7.59. The molecule has 0 amide bonds. The number of allylic oxidation sites excluding steroid dienone is 4. The van der Waals surface area contributed by atoms with Crippen molar-refractivity contribution < 1.29 is 0 Å². The van der Waals surface area contributed by atoms with Gasteiger partial charge in [-0.15, -0.1) is 0 Å². The van der Waals surface area contributed by atoms with Gasteiger partial charge < -0.3 is 9.13 Å². The Labute approximate surface area is 278 Å². The first-order chi connectivity index (χ1) is 23.8. The fourth-order valence-corrected chi connectivity index (χ4v) is 7.75. The summed E-state index contributed by atoms with van der Waals surface area (Å²) in [6.45, 7) is 0. The summed E-state index contributed by atoms with van der Waals surface area (Å²) in [5.41, 5.74) is 11.4. The van der Waals surface area contributed by atoms with Crippen LogP contribution in [0.5, 0.6) is 0 Å². The number of para-hydroxylation sites is 2. The Kier molecular flexibility index (Phi) is 6.00. The standard InChI is InChI=1S/C45H31N3/c1-3-14-31(15-4-1)39-22-12-23-40(46-39)32-16-11-19-34(27-32)48-41-24-10-9-21-36(41)37-28-38-44(29-43(37)48)47(33-17-5-2-6-18-33)42-26-25-30-13-7-8-20-35(30)45(38)42/h2-3,5-29H,1,4H2. The second-order valence-corrected chi connectivity index (χ2v) is 12.7. The average Bonchev–Trinajstić information content (AvgIpc) is 3.67.